The van der Waals surface area contributed by atoms with Crippen molar-refractivity contribution in [3.05, 3.63) is 23.7 Å². The van der Waals surface area contributed by atoms with Crippen molar-refractivity contribution >= 4 is 5.78 Å². The zero-order valence-corrected chi connectivity index (χ0v) is 8.00. The van der Waals surface area contributed by atoms with Gasteiger partial charge in [-0.1, -0.05) is 6.92 Å². The summed E-state index contributed by atoms with van der Waals surface area (Å²) in [7, 11) is 0. The molecule has 0 spiro atoms. The van der Waals surface area contributed by atoms with Crippen molar-refractivity contribution < 1.29 is 13.9 Å². The lowest BCUT2D eigenvalue weighted by Crippen LogP contribution is -2.09. The van der Waals surface area contributed by atoms with E-state index in [9.17, 15) is 4.79 Å². The Morgan fingerprint density at radius 2 is 2.38 bits per heavy atom. The maximum absolute atomic E-state index is 11.4. The SMILES string of the molecule is CCCOCC(=O)c1occc1C. The second-order valence-corrected chi connectivity index (χ2v) is 2.91. The first-order valence-electron chi connectivity index (χ1n) is 4.40. The Morgan fingerprint density at radius 3 is 2.92 bits per heavy atom. The van der Waals surface area contributed by atoms with E-state index >= 15 is 0 Å². The van der Waals surface area contributed by atoms with E-state index in [0.29, 0.717) is 12.4 Å². The summed E-state index contributed by atoms with van der Waals surface area (Å²) in [6.07, 6.45) is 2.44. The van der Waals surface area contributed by atoms with Gasteiger partial charge in [0.25, 0.3) is 0 Å². The van der Waals surface area contributed by atoms with Crippen LogP contribution >= 0.6 is 0 Å². The molecule has 3 heteroatoms. The van der Waals surface area contributed by atoms with Crippen molar-refractivity contribution in [1.82, 2.24) is 0 Å². The van der Waals surface area contributed by atoms with Crippen molar-refractivity contribution in [3.63, 3.8) is 0 Å². The predicted molar refractivity (Wildman–Crippen MR) is 48.9 cm³/mol. The molecule has 72 valence electrons. The molecule has 0 unspecified atom stereocenters. The lowest BCUT2D eigenvalue weighted by molar-refractivity contribution is 0.0733. The number of carbonyl (C=O) groups is 1. The highest BCUT2D eigenvalue weighted by Gasteiger charge is 2.11. The molecule has 0 N–H and O–H groups in total. The fraction of sp³-hybridized carbons (Fsp3) is 0.500. The van der Waals surface area contributed by atoms with Gasteiger partial charge in [-0.25, -0.2) is 0 Å². The molecule has 1 aromatic heterocycles. The molecule has 1 heterocycles. The van der Waals surface area contributed by atoms with Crippen LogP contribution in [0.1, 0.15) is 29.5 Å². The number of hydrogen-bond donors (Lipinski definition) is 0. The Labute approximate surface area is 77.7 Å². The molecule has 13 heavy (non-hydrogen) atoms. The van der Waals surface area contributed by atoms with Crippen LogP contribution in [-0.2, 0) is 4.74 Å². The van der Waals surface area contributed by atoms with Crippen molar-refractivity contribution in [2.75, 3.05) is 13.2 Å². The zero-order valence-electron chi connectivity index (χ0n) is 8.00. The third kappa shape index (κ3) is 2.70. The maximum atomic E-state index is 11.4. The van der Waals surface area contributed by atoms with E-state index in [-0.39, 0.29) is 12.4 Å². The molecule has 0 aliphatic carbocycles. The zero-order chi connectivity index (χ0) is 9.68. The predicted octanol–water partition coefficient (Wildman–Crippen LogP) is 2.20. The summed E-state index contributed by atoms with van der Waals surface area (Å²) < 4.78 is 10.1. The van der Waals surface area contributed by atoms with Gasteiger partial charge in [0.15, 0.2) is 5.76 Å². The molecule has 1 rings (SSSR count). The molecule has 0 radical (unpaired) electrons. The minimum atomic E-state index is -0.0871. The van der Waals surface area contributed by atoms with Gasteiger partial charge in [0.05, 0.1) is 6.26 Å². The highest BCUT2D eigenvalue weighted by atomic mass is 16.5. The van der Waals surface area contributed by atoms with Crippen LogP contribution in [0.4, 0.5) is 0 Å². The van der Waals surface area contributed by atoms with E-state index in [4.69, 9.17) is 9.15 Å². The highest BCUT2D eigenvalue weighted by Crippen LogP contribution is 2.09. The van der Waals surface area contributed by atoms with Crippen molar-refractivity contribution in [2.24, 2.45) is 0 Å². The lowest BCUT2D eigenvalue weighted by atomic mass is 10.2. The number of aryl methyl sites for hydroxylation is 1. The quantitative estimate of drug-likeness (QED) is 0.517. The van der Waals surface area contributed by atoms with Gasteiger partial charge in [-0.3, -0.25) is 4.79 Å². The summed E-state index contributed by atoms with van der Waals surface area (Å²) in [6, 6.07) is 1.77. The molecule has 0 fully saturated rings. The Balaban J connectivity index is 2.45. The Hall–Kier alpha value is -1.09. The summed E-state index contributed by atoms with van der Waals surface area (Å²) >= 11 is 0. The van der Waals surface area contributed by atoms with Crippen LogP contribution in [0.25, 0.3) is 0 Å². The molecule has 1 aromatic rings. The molecular formula is C10H14O3. The first-order chi connectivity index (χ1) is 6.25. The van der Waals surface area contributed by atoms with Crippen LogP contribution < -0.4 is 0 Å². The molecule has 0 aliphatic rings. The van der Waals surface area contributed by atoms with Crippen LogP contribution in [-0.4, -0.2) is 19.0 Å². The number of carbonyl (C=O) groups excluding carboxylic acids is 1. The van der Waals surface area contributed by atoms with E-state index in [1.54, 1.807) is 6.07 Å². The molecule has 0 saturated carbocycles. The van der Waals surface area contributed by atoms with Gasteiger partial charge in [0.1, 0.15) is 6.61 Å². The van der Waals surface area contributed by atoms with Crippen molar-refractivity contribution in [1.29, 1.82) is 0 Å². The second kappa shape index (κ2) is 4.82. The van der Waals surface area contributed by atoms with Gasteiger partial charge in [-0.2, -0.15) is 0 Å². The van der Waals surface area contributed by atoms with Gasteiger partial charge in [0.2, 0.25) is 5.78 Å². The molecule has 0 saturated heterocycles. The minimum Gasteiger partial charge on any atom is -0.461 e. The average molecular weight is 182 g/mol. The van der Waals surface area contributed by atoms with Crippen LogP contribution in [0.2, 0.25) is 0 Å². The lowest BCUT2D eigenvalue weighted by Gasteiger charge is -1.99. The topological polar surface area (TPSA) is 39.4 Å². The first kappa shape index (κ1) is 9.99. The Morgan fingerprint density at radius 1 is 1.62 bits per heavy atom. The number of rotatable bonds is 5. The smallest absolute Gasteiger partial charge is 0.223 e. The second-order valence-electron chi connectivity index (χ2n) is 2.91. The summed E-state index contributed by atoms with van der Waals surface area (Å²) in [6.45, 7) is 4.58. The number of ether oxygens (including phenoxy) is 1. The Bertz CT molecular complexity index is 275. The fourth-order valence-electron chi connectivity index (χ4n) is 1.03. The van der Waals surface area contributed by atoms with Crippen molar-refractivity contribution in [2.45, 2.75) is 20.3 Å². The van der Waals surface area contributed by atoms with E-state index in [0.717, 1.165) is 12.0 Å². The number of ketones is 1. The molecule has 0 amide bonds. The number of Topliss-reactive ketones (excluding diaryl/α,β-unsaturated/α-hetero) is 1. The summed E-state index contributed by atoms with van der Waals surface area (Å²) in [4.78, 5) is 11.4. The first-order valence-corrected chi connectivity index (χ1v) is 4.40. The van der Waals surface area contributed by atoms with Gasteiger partial charge >= 0.3 is 0 Å². The van der Waals surface area contributed by atoms with Gasteiger partial charge in [0, 0.05) is 6.61 Å². The van der Waals surface area contributed by atoms with E-state index in [2.05, 4.69) is 0 Å². The van der Waals surface area contributed by atoms with Gasteiger partial charge < -0.3 is 9.15 Å². The van der Waals surface area contributed by atoms with Gasteiger partial charge in [-0.15, -0.1) is 0 Å². The molecule has 0 atom stereocenters. The van der Waals surface area contributed by atoms with Crippen LogP contribution in [0.15, 0.2) is 16.7 Å². The summed E-state index contributed by atoms with van der Waals surface area (Å²) in [5.41, 5.74) is 0.866. The van der Waals surface area contributed by atoms with Crippen LogP contribution in [0.3, 0.4) is 0 Å². The van der Waals surface area contributed by atoms with E-state index in [1.165, 1.54) is 6.26 Å². The maximum Gasteiger partial charge on any atom is 0.223 e. The summed E-state index contributed by atoms with van der Waals surface area (Å²) in [5.74, 6) is 0.326. The third-order valence-electron chi connectivity index (χ3n) is 1.70. The van der Waals surface area contributed by atoms with Crippen molar-refractivity contribution in [3.8, 4) is 0 Å². The van der Waals surface area contributed by atoms with Crippen LogP contribution in [0.5, 0.6) is 0 Å². The normalized spacial score (nSPS) is 10.3. The van der Waals surface area contributed by atoms with Gasteiger partial charge in [-0.05, 0) is 25.0 Å². The summed E-state index contributed by atoms with van der Waals surface area (Å²) in [5, 5.41) is 0. The molecule has 3 nitrogen and oxygen atoms in total. The highest BCUT2D eigenvalue weighted by molar-refractivity contribution is 5.95. The standard InChI is InChI=1S/C10H14O3/c1-3-5-12-7-9(11)10-8(2)4-6-13-10/h4,6H,3,5,7H2,1-2H3. The molecule has 0 aliphatic heterocycles. The molecule has 0 bridgehead atoms. The largest absolute Gasteiger partial charge is 0.461 e. The van der Waals surface area contributed by atoms with E-state index < -0.39 is 0 Å². The monoisotopic (exact) mass is 182 g/mol. The molecule has 0 aromatic carbocycles. The third-order valence-corrected chi connectivity index (χ3v) is 1.70. The van der Waals surface area contributed by atoms with E-state index in [1.807, 2.05) is 13.8 Å². The molecular weight excluding hydrogens is 168 g/mol. The minimum absolute atomic E-state index is 0.0871. The number of hydrogen-bond acceptors (Lipinski definition) is 3. The average Bonchev–Trinajstić information content (AvgIpc) is 2.52. The van der Waals surface area contributed by atoms with Crippen LogP contribution in [0, 0.1) is 6.92 Å². The number of furan rings is 1. The fourth-order valence-corrected chi connectivity index (χ4v) is 1.03. The Kier molecular flexibility index (Phi) is 3.71.